The molecule has 8 rings (SSSR count). The molecule has 3 amide bonds. The molecule has 43 heavy (non-hydrogen) atoms. The number of carbonyl (C=O) groups excluding carboxylic acids is 3. The monoisotopic (exact) mass is 590 g/mol. The number of aliphatic imine (C=N–C) groups is 2. The SMILES string of the molecule is C[C@@]1(c2ccc3sccc3c2)CC(=O)N2CC(=O)NC2=N1.O=C1N2CCCN=C2NC1(c1ccccc1)c1ccccc1. The molecule has 0 unspecified atom stereocenters. The number of benzene rings is 3. The molecule has 3 aromatic carbocycles. The second-order valence-corrected chi connectivity index (χ2v) is 12.2. The van der Waals surface area contributed by atoms with Gasteiger partial charge in [0, 0.05) is 17.8 Å². The summed E-state index contributed by atoms with van der Waals surface area (Å²) in [5, 5.41) is 9.28. The largest absolute Gasteiger partial charge is 0.334 e. The van der Waals surface area contributed by atoms with Crippen molar-refractivity contribution in [3.63, 3.8) is 0 Å². The maximum absolute atomic E-state index is 13.2. The summed E-state index contributed by atoms with van der Waals surface area (Å²) < 4.78 is 1.22. The van der Waals surface area contributed by atoms with Crippen LogP contribution in [0.5, 0.6) is 0 Å². The summed E-state index contributed by atoms with van der Waals surface area (Å²) in [6, 6.07) is 28.0. The minimum atomic E-state index is -0.869. The van der Waals surface area contributed by atoms with Crippen molar-refractivity contribution in [1.82, 2.24) is 20.4 Å². The molecule has 0 aliphatic carbocycles. The highest BCUT2D eigenvalue weighted by molar-refractivity contribution is 7.17. The Hall–Kier alpha value is -4.83. The number of hydrogen-bond donors (Lipinski definition) is 2. The van der Waals surface area contributed by atoms with Crippen LogP contribution in [0.4, 0.5) is 0 Å². The molecule has 216 valence electrons. The quantitative estimate of drug-likeness (QED) is 0.377. The maximum atomic E-state index is 13.2. The fourth-order valence-corrected chi connectivity index (χ4v) is 6.91. The number of guanidine groups is 2. The van der Waals surface area contributed by atoms with Gasteiger partial charge in [-0.1, -0.05) is 66.7 Å². The van der Waals surface area contributed by atoms with Crippen molar-refractivity contribution in [3.05, 3.63) is 107 Å². The zero-order valence-corrected chi connectivity index (χ0v) is 24.4. The first-order valence-corrected chi connectivity index (χ1v) is 15.2. The lowest BCUT2D eigenvalue weighted by Crippen LogP contribution is -2.45. The Balaban J connectivity index is 0.000000140. The summed E-state index contributed by atoms with van der Waals surface area (Å²) in [7, 11) is 0. The average molecular weight is 591 g/mol. The minimum Gasteiger partial charge on any atom is -0.334 e. The molecule has 5 heterocycles. The molecule has 2 fully saturated rings. The van der Waals surface area contributed by atoms with Crippen LogP contribution >= 0.6 is 11.3 Å². The van der Waals surface area contributed by atoms with Crippen LogP contribution in [0.15, 0.2) is 100 Å². The first-order chi connectivity index (χ1) is 20.9. The minimum absolute atomic E-state index is 0.0587. The van der Waals surface area contributed by atoms with Crippen molar-refractivity contribution in [1.29, 1.82) is 0 Å². The summed E-state index contributed by atoms with van der Waals surface area (Å²) in [5.74, 6) is 0.891. The molecule has 10 heteroatoms. The summed E-state index contributed by atoms with van der Waals surface area (Å²) in [4.78, 5) is 49.3. The van der Waals surface area contributed by atoms with E-state index in [-0.39, 0.29) is 30.7 Å². The number of carbonyl (C=O) groups is 3. The highest BCUT2D eigenvalue weighted by Gasteiger charge is 2.52. The van der Waals surface area contributed by atoms with E-state index in [2.05, 4.69) is 38.8 Å². The predicted octanol–water partition coefficient (Wildman–Crippen LogP) is 3.96. The maximum Gasteiger partial charge on any atom is 0.264 e. The Bertz CT molecular complexity index is 1760. The Kier molecular flexibility index (Phi) is 6.58. The molecular weight excluding hydrogens is 560 g/mol. The average Bonchev–Trinajstić information content (AvgIpc) is 3.74. The molecule has 2 saturated heterocycles. The number of nitrogens with zero attached hydrogens (tertiary/aromatic N) is 4. The molecule has 4 aliphatic heterocycles. The van der Waals surface area contributed by atoms with Crippen LogP contribution in [-0.4, -0.2) is 59.1 Å². The number of nitrogens with one attached hydrogen (secondary N) is 2. The van der Waals surface area contributed by atoms with Crippen LogP contribution in [0, 0.1) is 0 Å². The Labute approximate surface area is 252 Å². The fourth-order valence-electron chi connectivity index (χ4n) is 6.14. The van der Waals surface area contributed by atoms with Gasteiger partial charge in [0.1, 0.15) is 6.54 Å². The number of amides is 3. The van der Waals surface area contributed by atoms with Gasteiger partial charge < -0.3 is 5.32 Å². The van der Waals surface area contributed by atoms with Crippen LogP contribution in [0.2, 0.25) is 0 Å². The van der Waals surface area contributed by atoms with E-state index in [1.807, 2.05) is 79.0 Å². The number of fused-ring (bicyclic) bond motifs is 3. The van der Waals surface area contributed by atoms with Gasteiger partial charge in [0.15, 0.2) is 5.54 Å². The number of thiophene rings is 1. The molecule has 1 atom stereocenters. The van der Waals surface area contributed by atoms with Crippen molar-refractivity contribution in [2.24, 2.45) is 9.98 Å². The second-order valence-electron chi connectivity index (χ2n) is 11.2. The Morgan fingerprint density at radius 1 is 0.837 bits per heavy atom. The molecule has 0 saturated carbocycles. The molecule has 0 bridgehead atoms. The van der Waals surface area contributed by atoms with E-state index in [4.69, 9.17) is 0 Å². The van der Waals surface area contributed by atoms with E-state index < -0.39 is 11.1 Å². The molecule has 0 radical (unpaired) electrons. The van der Waals surface area contributed by atoms with Crippen LogP contribution in [0.25, 0.3) is 10.1 Å². The lowest BCUT2D eigenvalue weighted by Gasteiger charge is -2.33. The molecule has 0 spiro atoms. The molecule has 2 N–H and O–H groups in total. The zero-order valence-electron chi connectivity index (χ0n) is 23.6. The van der Waals surface area contributed by atoms with Gasteiger partial charge in [-0.15, -0.1) is 11.3 Å². The Morgan fingerprint density at radius 2 is 1.56 bits per heavy atom. The third-order valence-corrected chi connectivity index (χ3v) is 9.27. The van der Waals surface area contributed by atoms with E-state index >= 15 is 0 Å². The van der Waals surface area contributed by atoms with Gasteiger partial charge in [-0.3, -0.25) is 34.5 Å². The van der Waals surface area contributed by atoms with Gasteiger partial charge in [-0.2, -0.15) is 0 Å². The normalized spacial score (nSPS) is 22.1. The van der Waals surface area contributed by atoms with Gasteiger partial charge in [-0.05, 0) is 59.0 Å². The van der Waals surface area contributed by atoms with E-state index in [0.717, 1.165) is 41.6 Å². The lowest BCUT2D eigenvalue weighted by molar-refractivity contribution is -0.131. The molecule has 4 aromatic rings. The van der Waals surface area contributed by atoms with Crippen molar-refractivity contribution >= 4 is 51.1 Å². The number of rotatable bonds is 3. The highest BCUT2D eigenvalue weighted by atomic mass is 32.1. The van der Waals surface area contributed by atoms with E-state index in [0.29, 0.717) is 11.9 Å². The van der Waals surface area contributed by atoms with Gasteiger partial charge in [0.05, 0.1) is 12.0 Å². The first-order valence-electron chi connectivity index (χ1n) is 14.3. The van der Waals surface area contributed by atoms with Gasteiger partial charge in [0.25, 0.3) is 5.91 Å². The van der Waals surface area contributed by atoms with Gasteiger partial charge in [-0.25, -0.2) is 4.99 Å². The second kappa shape index (κ2) is 10.5. The first kappa shape index (κ1) is 27.0. The highest BCUT2D eigenvalue weighted by Crippen LogP contribution is 2.38. The van der Waals surface area contributed by atoms with E-state index in [9.17, 15) is 14.4 Å². The van der Waals surface area contributed by atoms with Crippen molar-refractivity contribution < 1.29 is 14.4 Å². The van der Waals surface area contributed by atoms with Crippen molar-refractivity contribution in [3.8, 4) is 0 Å². The van der Waals surface area contributed by atoms with Gasteiger partial charge >= 0.3 is 0 Å². The third kappa shape index (κ3) is 4.58. The zero-order chi connectivity index (χ0) is 29.6. The predicted molar refractivity (Wildman–Crippen MR) is 167 cm³/mol. The van der Waals surface area contributed by atoms with Crippen molar-refractivity contribution in [2.75, 3.05) is 19.6 Å². The standard InChI is InChI=1S/C18H17N3O.C15H13N3O2S/c22-16-18(14-8-3-1-4-9-14,15-10-5-2-6-11-15)20-17-19-12-7-13-21(16)17;1-15(10-2-3-11-9(6-10)4-5-21-11)7-13(20)18-8-12(19)16-14(18)17-15/h1-6,8-11H,7,12-13H2,(H,19,20);2-6H,7-8H2,1H3,(H,16,17,19)/t;15-/m.0/s1. The summed E-state index contributed by atoms with van der Waals surface area (Å²) in [6.45, 7) is 3.52. The third-order valence-electron chi connectivity index (χ3n) is 8.37. The molecular formula is C33H30N6O3S. The molecule has 4 aliphatic rings. The topological polar surface area (TPSA) is 106 Å². The van der Waals surface area contributed by atoms with Crippen LogP contribution in [0.1, 0.15) is 36.5 Å². The van der Waals surface area contributed by atoms with Crippen LogP contribution in [0.3, 0.4) is 0 Å². The van der Waals surface area contributed by atoms with E-state index in [1.54, 1.807) is 16.2 Å². The Morgan fingerprint density at radius 3 is 2.26 bits per heavy atom. The van der Waals surface area contributed by atoms with Crippen LogP contribution < -0.4 is 10.6 Å². The van der Waals surface area contributed by atoms with Crippen LogP contribution in [-0.2, 0) is 25.5 Å². The van der Waals surface area contributed by atoms with E-state index in [1.165, 1.54) is 9.60 Å². The number of hydrogen-bond acceptors (Lipinski definition) is 7. The molecule has 9 nitrogen and oxygen atoms in total. The summed E-state index contributed by atoms with van der Waals surface area (Å²) >= 11 is 1.69. The summed E-state index contributed by atoms with van der Waals surface area (Å²) in [6.07, 6.45) is 1.19. The van der Waals surface area contributed by atoms with Gasteiger partial charge in [0.2, 0.25) is 23.7 Å². The van der Waals surface area contributed by atoms with Crippen molar-refractivity contribution in [2.45, 2.75) is 30.8 Å². The molecule has 1 aromatic heterocycles. The lowest BCUT2D eigenvalue weighted by atomic mass is 9.82. The summed E-state index contributed by atoms with van der Waals surface area (Å²) in [5.41, 5.74) is 1.39. The smallest absolute Gasteiger partial charge is 0.264 e. The fraction of sp³-hybridized carbons (Fsp3) is 0.242.